The zero-order chi connectivity index (χ0) is 22.2. The summed E-state index contributed by atoms with van der Waals surface area (Å²) in [6.45, 7) is 0.231. The van der Waals surface area contributed by atoms with Gasteiger partial charge in [-0.2, -0.15) is 0 Å². The van der Waals surface area contributed by atoms with Crippen LogP contribution in [0.25, 0.3) is 11.3 Å². The van der Waals surface area contributed by atoms with Crippen LogP contribution in [0.1, 0.15) is 23.2 Å². The van der Waals surface area contributed by atoms with Gasteiger partial charge in [-0.15, -0.1) is 10.2 Å². The predicted octanol–water partition coefficient (Wildman–Crippen LogP) is 2.96. The molecule has 2 aliphatic rings. The molecule has 2 aromatic rings. The molecule has 1 aliphatic carbocycles. The molecule has 1 aromatic carbocycles. The smallest absolute Gasteiger partial charge is 0.252 e. The number of aromatic hydroxyl groups is 1. The molecule has 31 heavy (non-hydrogen) atoms. The molecule has 0 saturated heterocycles. The first-order chi connectivity index (χ1) is 14.8. The summed E-state index contributed by atoms with van der Waals surface area (Å²) < 4.78 is 42.3. The number of dihydropyridines is 1. The third-order valence-corrected chi connectivity index (χ3v) is 5.75. The number of aromatic nitrogens is 2. The lowest BCUT2D eigenvalue weighted by Crippen LogP contribution is -2.54. The van der Waals surface area contributed by atoms with E-state index in [0.717, 1.165) is 12.1 Å². The highest BCUT2D eigenvalue weighted by Crippen LogP contribution is 2.49. The fourth-order valence-electron chi connectivity index (χ4n) is 4.13. The van der Waals surface area contributed by atoms with E-state index in [4.69, 9.17) is 5.73 Å². The average molecular weight is 431 g/mol. The van der Waals surface area contributed by atoms with Crippen LogP contribution in [0.2, 0.25) is 0 Å². The van der Waals surface area contributed by atoms with Crippen molar-refractivity contribution in [3.63, 3.8) is 0 Å². The number of nitrogens with zero attached hydrogens (tertiary/aromatic N) is 3. The predicted molar refractivity (Wildman–Crippen MR) is 109 cm³/mol. The number of carbonyl (C=O) groups excluding carboxylic acids is 1. The van der Waals surface area contributed by atoms with E-state index in [0.29, 0.717) is 5.82 Å². The number of phenols is 1. The first-order valence-electron chi connectivity index (χ1n) is 9.68. The lowest BCUT2D eigenvalue weighted by molar-refractivity contribution is -0.00199. The third kappa shape index (κ3) is 3.85. The second-order valence-corrected chi connectivity index (χ2v) is 7.78. The number of hydrogen-bond donors (Lipinski definition) is 3. The Kier molecular flexibility index (Phi) is 5.38. The van der Waals surface area contributed by atoms with Crippen LogP contribution < -0.4 is 11.1 Å². The highest BCUT2D eigenvalue weighted by Gasteiger charge is 2.52. The molecule has 2 heterocycles. The van der Waals surface area contributed by atoms with E-state index in [9.17, 15) is 23.1 Å². The minimum absolute atomic E-state index is 0.00308. The quantitative estimate of drug-likeness (QED) is 0.651. The molecule has 0 spiro atoms. The number of aliphatic imine (C=N–C) groups is 1. The topological polar surface area (TPSA) is 113 Å². The van der Waals surface area contributed by atoms with Gasteiger partial charge in [-0.25, -0.2) is 13.2 Å². The van der Waals surface area contributed by atoms with E-state index < -0.39 is 41.3 Å². The van der Waals surface area contributed by atoms with Gasteiger partial charge in [0.25, 0.3) is 5.91 Å². The van der Waals surface area contributed by atoms with E-state index in [1.165, 1.54) is 30.5 Å². The molecular formula is C21H20F3N5O2. The summed E-state index contributed by atoms with van der Waals surface area (Å²) >= 11 is 0. The lowest BCUT2D eigenvalue weighted by atomic mass is 9.61. The van der Waals surface area contributed by atoms with Crippen molar-refractivity contribution >= 4 is 17.9 Å². The van der Waals surface area contributed by atoms with Gasteiger partial charge in [0.1, 0.15) is 29.7 Å². The van der Waals surface area contributed by atoms with Gasteiger partial charge in [0.15, 0.2) is 0 Å². The van der Waals surface area contributed by atoms with Crippen LogP contribution in [0.5, 0.6) is 5.75 Å². The number of amides is 1. The number of nitrogens with one attached hydrogen (secondary N) is 1. The van der Waals surface area contributed by atoms with Crippen LogP contribution >= 0.6 is 0 Å². The van der Waals surface area contributed by atoms with Crippen LogP contribution in [-0.2, 0) is 0 Å². The number of nitrogens with two attached hydrogens (primary N) is 1. The molecule has 162 valence electrons. The molecule has 4 N–H and O–H groups in total. The third-order valence-electron chi connectivity index (χ3n) is 5.75. The van der Waals surface area contributed by atoms with Crippen molar-refractivity contribution in [2.24, 2.45) is 16.1 Å². The summed E-state index contributed by atoms with van der Waals surface area (Å²) in [6.07, 6.45) is 2.51. The summed E-state index contributed by atoms with van der Waals surface area (Å²) in [6, 6.07) is 4.30. The number of primary amides is 1. The van der Waals surface area contributed by atoms with Crippen molar-refractivity contribution in [1.29, 1.82) is 0 Å². The van der Waals surface area contributed by atoms with Gasteiger partial charge < -0.3 is 16.2 Å². The Balaban J connectivity index is 1.52. The first kappa shape index (κ1) is 20.8. The number of hydrogen-bond acceptors (Lipinski definition) is 6. The highest BCUT2D eigenvalue weighted by molar-refractivity contribution is 5.98. The number of rotatable bonds is 6. The molecule has 0 radical (unpaired) electrons. The Morgan fingerprint density at radius 3 is 2.61 bits per heavy atom. The Morgan fingerprint density at radius 1 is 1.23 bits per heavy atom. The maximum atomic E-state index is 14.4. The molecular weight excluding hydrogens is 411 g/mol. The molecule has 2 atom stereocenters. The molecule has 1 aromatic heterocycles. The summed E-state index contributed by atoms with van der Waals surface area (Å²) in [5.41, 5.74) is 3.95. The number of anilines is 1. The van der Waals surface area contributed by atoms with E-state index in [-0.39, 0.29) is 36.2 Å². The maximum absolute atomic E-state index is 14.4. The summed E-state index contributed by atoms with van der Waals surface area (Å²) in [4.78, 5) is 15.6. The SMILES string of the molecule is NC(=O)c1ccc(F)c(-c2ccc(NCC3(C4N=CC=CC4F)CC(F)C3)nn2)c1O. The van der Waals surface area contributed by atoms with Crippen molar-refractivity contribution in [3.05, 3.63) is 47.8 Å². The van der Waals surface area contributed by atoms with Crippen LogP contribution in [0.4, 0.5) is 19.0 Å². The van der Waals surface area contributed by atoms with Gasteiger partial charge in [-0.05, 0) is 49.3 Å². The van der Waals surface area contributed by atoms with E-state index in [2.05, 4.69) is 20.5 Å². The van der Waals surface area contributed by atoms with Crippen LogP contribution in [0.3, 0.4) is 0 Å². The second-order valence-electron chi connectivity index (χ2n) is 7.78. The lowest BCUT2D eigenvalue weighted by Gasteiger charge is -2.49. The van der Waals surface area contributed by atoms with Crippen molar-refractivity contribution in [1.82, 2.24) is 10.2 Å². The van der Waals surface area contributed by atoms with Gasteiger partial charge in [0, 0.05) is 18.2 Å². The Labute approximate surface area is 175 Å². The molecule has 7 nitrogen and oxygen atoms in total. The van der Waals surface area contributed by atoms with Crippen LogP contribution in [0.15, 0.2) is 41.4 Å². The molecule has 1 saturated carbocycles. The largest absolute Gasteiger partial charge is 0.506 e. The van der Waals surface area contributed by atoms with E-state index >= 15 is 0 Å². The van der Waals surface area contributed by atoms with Crippen molar-refractivity contribution in [3.8, 4) is 17.0 Å². The molecule has 10 heteroatoms. The standard InChI is InChI=1S/C21H20F3N5O2/c22-11-8-21(9-11,19-14(24)2-1-7-26-19)10-27-16-6-5-15(28-29-16)17-13(23)4-3-12(18(17)30)20(25)31/h1-7,11,14,19,30H,8-10H2,(H2,25,31)(H,27,29). The molecule has 1 fully saturated rings. The Hall–Kier alpha value is -3.43. The maximum Gasteiger partial charge on any atom is 0.252 e. The highest BCUT2D eigenvalue weighted by atomic mass is 19.1. The molecule has 0 bridgehead atoms. The average Bonchev–Trinajstić information content (AvgIpc) is 2.71. The number of allylic oxidation sites excluding steroid dienone is 1. The van der Waals surface area contributed by atoms with Crippen molar-refractivity contribution in [2.75, 3.05) is 11.9 Å². The van der Waals surface area contributed by atoms with Gasteiger partial charge in [0.05, 0.1) is 22.9 Å². The zero-order valence-corrected chi connectivity index (χ0v) is 16.3. The molecule has 1 aliphatic heterocycles. The van der Waals surface area contributed by atoms with Gasteiger partial charge in [-0.1, -0.05) is 0 Å². The normalized spacial score (nSPS) is 27.0. The minimum Gasteiger partial charge on any atom is -0.506 e. The Morgan fingerprint density at radius 2 is 2.00 bits per heavy atom. The number of benzene rings is 1. The summed E-state index contributed by atoms with van der Waals surface area (Å²) in [5.74, 6) is -2.02. The molecule has 4 rings (SSSR count). The number of alkyl halides is 2. The van der Waals surface area contributed by atoms with Gasteiger partial charge in [-0.3, -0.25) is 9.79 Å². The van der Waals surface area contributed by atoms with E-state index in [1.807, 2.05) is 0 Å². The monoisotopic (exact) mass is 431 g/mol. The van der Waals surface area contributed by atoms with Gasteiger partial charge >= 0.3 is 0 Å². The molecule has 1 amide bonds. The molecule has 2 unspecified atom stereocenters. The summed E-state index contributed by atoms with van der Waals surface area (Å²) in [7, 11) is 0. The van der Waals surface area contributed by atoms with Gasteiger partial charge in [0.2, 0.25) is 0 Å². The number of carbonyl (C=O) groups is 1. The van der Waals surface area contributed by atoms with Crippen LogP contribution in [-0.4, -0.2) is 52.4 Å². The Bertz CT molecular complexity index is 1050. The van der Waals surface area contributed by atoms with E-state index in [1.54, 1.807) is 0 Å². The zero-order valence-electron chi connectivity index (χ0n) is 16.3. The van der Waals surface area contributed by atoms with Crippen LogP contribution in [0, 0.1) is 11.2 Å². The fourth-order valence-corrected chi connectivity index (χ4v) is 4.13. The summed E-state index contributed by atoms with van der Waals surface area (Å²) in [5, 5.41) is 21.1. The first-order valence-corrected chi connectivity index (χ1v) is 9.68. The fraction of sp³-hybridized carbons (Fsp3) is 0.333. The second kappa shape index (κ2) is 8.01. The van der Waals surface area contributed by atoms with Crippen molar-refractivity contribution in [2.45, 2.75) is 31.2 Å². The number of halogens is 3. The van der Waals surface area contributed by atoms with Crippen molar-refractivity contribution < 1.29 is 23.1 Å². The minimum atomic E-state index is -1.30.